The van der Waals surface area contributed by atoms with E-state index in [2.05, 4.69) is 11.9 Å². The van der Waals surface area contributed by atoms with Crippen LogP contribution in [0, 0.1) is 0 Å². The molecule has 0 spiro atoms. The largest absolute Gasteiger partial charge is 0.507 e. The van der Waals surface area contributed by atoms with Crippen molar-refractivity contribution in [3.05, 3.63) is 29.3 Å². The van der Waals surface area contributed by atoms with E-state index in [1.165, 1.54) is 25.3 Å². The summed E-state index contributed by atoms with van der Waals surface area (Å²) in [7, 11) is 0. The predicted molar refractivity (Wildman–Crippen MR) is 90.0 cm³/mol. The maximum atomic E-state index is 12.1. The van der Waals surface area contributed by atoms with Gasteiger partial charge in [0.25, 0.3) is 0 Å². The molecule has 0 aliphatic heterocycles. The van der Waals surface area contributed by atoms with Crippen LogP contribution in [0.3, 0.4) is 0 Å². The lowest BCUT2D eigenvalue weighted by Crippen LogP contribution is -1.99. The van der Waals surface area contributed by atoms with E-state index >= 15 is 0 Å². The number of ketones is 1. The molecule has 0 atom stereocenters. The van der Waals surface area contributed by atoms with Crippen LogP contribution in [0.1, 0.15) is 67.8 Å². The maximum absolute atomic E-state index is 12.1. The van der Waals surface area contributed by atoms with E-state index in [1.807, 2.05) is 0 Å². The van der Waals surface area contributed by atoms with E-state index in [0.717, 1.165) is 12.8 Å². The first kappa shape index (κ1) is 18.4. The van der Waals surface area contributed by atoms with Crippen LogP contribution in [0.25, 0.3) is 0 Å². The molecule has 0 radical (unpaired) electrons. The summed E-state index contributed by atoms with van der Waals surface area (Å²) in [6, 6.07) is 4.96. The molecule has 0 unspecified atom stereocenters. The van der Waals surface area contributed by atoms with Gasteiger partial charge in [0.05, 0.1) is 0 Å². The number of unbranched alkanes of at least 4 members (excludes halogenated alkanes) is 4. The number of aliphatic hydroxyl groups excluding tert-OH is 1. The van der Waals surface area contributed by atoms with Crippen LogP contribution in [-0.2, 0) is 0 Å². The lowest BCUT2D eigenvalue weighted by Gasteiger charge is -2.04. The second kappa shape index (κ2) is 11.0. The number of aromatic hydroxyl groups is 1. The smallest absolute Gasteiger partial charge is 0.163 e. The summed E-state index contributed by atoms with van der Waals surface area (Å²) < 4.78 is 0. The van der Waals surface area contributed by atoms with Crippen LogP contribution in [0.4, 0.5) is 0 Å². The minimum Gasteiger partial charge on any atom is -0.507 e. The lowest BCUT2D eigenvalue weighted by molar-refractivity contribution is 0.0978. The Morgan fingerprint density at radius 3 is 2.64 bits per heavy atom. The Hall–Kier alpha value is -1.68. The highest BCUT2D eigenvalue weighted by atomic mass is 16.3. The first-order valence-electron chi connectivity index (χ1n) is 8.16. The summed E-state index contributed by atoms with van der Waals surface area (Å²) in [5, 5.41) is 18.6. The summed E-state index contributed by atoms with van der Waals surface area (Å²) in [6.07, 6.45) is 8.30. The van der Waals surface area contributed by atoms with E-state index in [4.69, 9.17) is 5.11 Å². The average Bonchev–Trinajstić information content (AvgIpc) is 2.52. The van der Waals surface area contributed by atoms with Crippen LogP contribution in [0.5, 0.6) is 5.75 Å². The lowest BCUT2D eigenvalue weighted by atomic mass is 10.0. The van der Waals surface area contributed by atoms with E-state index in [9.17, 15) is 9.90 Å². The number of carbonyl (C=O) groups excluding carboxylic acids is 1. The third-order valence-corrected chi connectivity index (χ3v) is 3.54. The normalized spacial score (nSPS) is 11.2. The quantitative estimate of drug-likeness (QED) is 0.372. The van der Waals surface area contributed by atoms with Gasteiger partial charge < -0.3 is 10.2 Å². The predicted octanol–water partition coefficient (Wildman–Crippen LogP) is 3.74. The van der Waals surface area contributed by atoms with Crippen LogP contribution >= 0.6 is 0 Å². The van der Waals surface area contributed by atoms with Gasteiger partial charge in [-0.15, -0.1) is 0 Å². The van der Waals surface area contributed by atoms with Gasteiger partial charge in [-0.3, -0.25) is 9.79 Å². The molecule has 0 saturated heterocycles. The Balaban J connectivity index is 2.49. The van der Waals surface area contributed by atoms with E-state index < -0.39 is 0 Å². The van der Waals surface area contributed by atoms with Crippen LogP contribution in [0.2, 0.25) is 0 Å². The molecule has 1 rings (SSSR count). The molecular weight excluding hydrogens is 278 g/mol. The van der Waals surface area contributed by atoms with Crippen molar-refractivity contribution in [1.82, 2.24) is 0 Å². The van der Waals surface area contributed by atoms with E-state index in [-0.39, 0.29) is 18.1 Å². The molecule has 0 fully saturated rings. The average molecular weight is 305 g/mol. The number of phenolic OH excluding ortho intramolecular Hbond substituents is 1. The SMILES string of the molecule is CCCCCCCC(=O)c1ccc(C=NCCCO)c(O)c1. The van der Waals surface area contributed by atoms with E-state index in [0.29, 0.717) is 30.5 Å². The summed E-state index contributed by atoms with van der Waals surface area (Å²) in [5.41, 5.74) is 1.15. The highest BCUT2D eigenvalue weighted by Gasteiger charge is 2.08. The Morgan fingerprint density at radius 2 is 1.95 bits per heavy atom. The molecule has 0 aliphatic rings. The fourth-order valence-electron chi connectivity index (χ4n) is 2.18. The third-order valence-electron chi connectivity index (χ3n) is 3.54. The number of Topliss-reactive ketones (excluding diaryl/α,β-unsaturated/α-hetero) is 1. The highest BCUT2D eigenvalue weighted by molar-refractivity contribution is 5.97. The summed E-state index contributed by atoms with van der Waals surface area (Å²) >= 11 is 0. The van der Waals surface area contributed by atoms with Gasteiger partial charge in [0.15, 0.2) is 5.78 Å². The number of rotatable bonds is 11. The van der Waals surface area contributed by atoms with Crippen molar-refractivity contribution in [3.63, 3.8) is 0 Å². The summed E-state index contributed by atoms with van der Waals surface area (Å²) in [4.78, 5) is 16.2. The molecule has 4 nitrogen and oxygen atoms in total. The molecule has 122 valence electrons. The van der Waals surface area contributed by atoms with Crippen molar-refractivity contribution in [3.8, 4) is 5.75 Å². The molecule has 0 aromatic heterocycles. The molecule has 0 saturated carbocycles. The van der Waals surface area contributed by atoms with Gasteiger partial charge in [0.2, 0.25) is 0 Å². The maximum Gasteiger partial charge on any atom is 0.163 e. The van der Waals surface area contributed by atoms with Crippen molar-refractivity contribution in [2.45, 2.75) is 51.9 Å². The first-order chi connectivity index (χ1) is 10.7. The van der Waals surface area contributed by atoms with Crippen LogP contribution in [-0.4, -0.2) is 35.4 Å². The summed E-state index contributed by atoms with van der Waals surface area (Å²) in [5.74, 6) is 0.153. The number of hydrogen-bond donors (Lipinski definition) is 2. The Kier molecular flexibility index (Phi) is 9.15. The number of nitrogens with zero attached hydrogens (tertiary/aromatic N) is 1. The molecule has 1 aromatic carbocycles. The van der Waals surface area contributed by atoms with Crippen molar-refractivity contribution in [1.29, 1.82) is 0 Å². The van der Waals surface area contributed by atoms with Crippen LogP contribution in [0.15, 0.2) is 23.2 Å². The molecule has 0 heterocycles. The highest BCUT2D eigenvalue weighted by Crippen LogP contribution is 2.19. The van der Waals surface area contributed by atoms with Gasteiger partial charge >= 0.3 is 0 Å². The van der Waals surface area contributed by atoms with Crippen molar-refractivity contribution in [2.75, 3.05) is 13.2 Å². The minimum atomic E-state index is 0.0737. The molecule has 0 bridgehead atoms. The first-order valence-corrected chi connectivity index (χ1v) is 8.16. The number of hydrogen-bond acceptors (Lipinski definition) is 4. The monoisotopic (exact) mass is 305 g/mol. The zero-order chi connectivity index (χ0) is 16.2. The number of aliphatic imine (C=N–C) groups is 1. The Labute approximate surface area is 132 Å². The van der Waals surface area contributed by atoms with Gasteiger partial charge in [-0.05, 0) is 25.0 Å². The van der Waals surface area contributed by atoms with Gasteiger partial charge in [0.1, 0.15) is 5.75 Å². The van der Waals surface area contributed by atoms with Gasteiger partial charge in [0, 0.05) is 36.9 Å². The molecule has 22 heavy (non-hydrogen) atoms. The van der Waals surface area contributed by atoms with Gasteiger partial charge in [-0.1, -0.05) is 38.7 Å². The van der Waals surface area contributed by atoms with Crippen LogP contribution < -0.4 is 0 Å². The Bertz CT molecular complexity index is 483. The Morgan fingerprint density at radius 1 is 1.18 bits per heavy atom. The fraction of sp³-hybridized carbons (Fsp3) is 0.556. The number of aliphatic hydroxyl groups is 1. The van der Waals surface area contributed by atoms with Crippen molar-refractivity contribution < 1.29 is 15.0 Å². The number of carbonyl (C=O) groups is 1. The fourth-order valence-corrected chi connectivity index (χ4v) is 2.18. The van der Waals surface area contributed by atoms with Crippen molar-refractivity contribution >= 4 is 12.0 Å². The second-order valence-corrected chi connectivity index (χ2v) is 5.47. The van der Waals surface area contributed by atoms with Gasteiger partial charge in [-0.2, -0.15) is 0 Å². The third kappa shape index (κ3) is 6.85. The number of phenols is 1. The summed E-state index contributed by atoms with van der Waals surface area (Å²) in [6.45, 7) is 2.80. The second-order valence-electron chi connectivity index (χ2n) is 5.47. The van der Waals surface area contributed by atoms with E-state index in [1.54, 1.807) is 18.3 Å². The molecule has 2 N–H and O–H groups in total. The topological polar surface area (TPSA) is 69.9 Å². The minimum absolute atomic E-state index is 0.0737. The molecule has 0 amide bonds. The van der Waals surface area contributed by atoms with Crippen molar-refractivity contribution in [2.24, 2.45) is 4.99 Å². The molecular formula is C18H27NO3. The molecule has 4 heteroatoms. The molecule has 0 aliphatic carbocycles. The zero-order valence-corrected chi connectivity index (χ0v) is 13.4. The van der Waals surface area contributed by atoms with Gasteiger partial charge in [-0.25, -0.2) is 0 Å². The zero-order valence-electron chi connectivity index (χ0n) is 13.4. The molecule has 1 aromatic rings. The number of benzene rings is 1. The standard InChI is InChI=1S/C18H27NO3/c1-2-3-4-5-6-8-17(21)15-9-10-16(18(22)13-15)14-19-11-7-12-20/h9-10,13-14,20,22H,2-8,11-12H2,1H3.